The van der Waals surface area contributed by atoms with E-state index in [1.807, 2.05) is 17.9 Å². The van der Waals surface area contributed by atoms with Crippen LogP contribution in [0.5, 0.6) is 6.01 Å². The number of rotatable bonds is 13. The van der Waals surface area contributed by atoms with E-state index in [-0.39, 0.29) is 142 Å². The van der Waals surface area contributed by atoms with E-state index in [4.69, 9.17) is 46.3 Å². The second-order valence-electron chi connectivity index (χ2n) is 24.8. The van der Waals surface area contributed by atoms with Crippen LogP contribution in [-0.2, 0) is 55.6 Å². The van der Waals surface area contributed by atoms with Crippen LogP contribution in [0.4, 0.5) is 43.7 Å². The molecule has 5 aliphatic heterocycles. The predicted molar refractivity (Wildman–Crippen MR) is 340 cm³/mol. The Labute approximate surface area is 542 Å². The van der Waals surface area contributed by atoms with Crippen LogP contribution in [0.1, 0.15) is 96.5 Å². The fourth-order valence-corrected chi connectivity index (χ4v) is 15.9. The number of carbonyl (C=O) groups excluding carboxylic acids is 4. The molecular formula is C67H60ClF4N11O10S. The van der Waals surface area contributed by atoms with E-state index < -0.39 is 83.1 Å². The van der Waals surface area contributed by atoms with E-state index in [1.54, 1.807) is 49.1 Å². The van der Waals surface area contributed by atoms with Crippen molar-refractivity contribution in [1.29, 1.82) is 5.26 Å². The Hall–Kier alpha value is -9.42. The maximum absolute atomic E-state index is 17.5. The highest BCUT2D eigenvalue weighted by molar-refractivity contribution is 7.23. The number of carbonyl (C=O) groups is 4. The average Bonchev–Trinajstić information content (AvgIpc) is 1.45. The number of ether oxygens (including phenoxy) is 4. The number of cyclic esters (lactones) is 1. The van der Waals surface area contributed by atoms with Crippen LogP contribution in [0.15, 0.2) is 71.5 Å². The normalized spacial score (nSPS) is 21.1. The van der Waals surface area contributed by atoms with Crippen molar-refractivity contribution in [3.8, 4) is 34.6 Å². The van der Waals surface area contributed by atoms with Gasteiger partial charge in [0.1, 0.15) is 66.6 Å². The molecule has 3 amide bonds. The number of anilines is 3. The molecule has 4 aromatic carbocycles. The first-order valence-corrected chi connectivity index (χ1v) is 31.9. The summed E-state index contributed by atoms with van der Waals surface area (Å²) in [5, 5.41) is 28.0. The van der Waals surface area contributed by atoms with Gasteiger partial charge in [0.2, 0.25) is 0 Å². The van der Waals surface area contributed by atoms with Gasteiger partial charge in [-0.1, -0.05) is 43.3 Å². The molecule has 0 radical (unpaired) electrons. The molecule has 94 heavy (non-hydrogen) atoms. The minimum absolute atomic E-state index is 0.0197. The van der Waals surface area contributed by atoms with Gasteiger partial charge in [-0.25, -0.2) is 36.9 Å². The van der Waals surface area contributed by atoms with Gasteiger partial charge in [0.15, 0.2) is 11.4 Å². The van der Waals surface area contributed by atoms with Crippen molar-refractivity contribution >= 4 is 95.4 Å². The van der Waals surface area contributed by atoms with Gasteiger partial charge in [-0.15, -0.1) is 11.3 Å². The standard InChI is InChI=1S/C67H60ClF4N11O10S/c1-5-67(89)43-20-49-55-41(26-83(49)61(85)42(43)29-90-62(67)86)53-47(14-12-37-33(4)46(71)21-48(76-55)52(37)53)77-65(88)92-28-34-7-9-36(10-8-34)75-64(87)91-27-31(2)60(84)80-17-18-82(32(3)24-80)59-39-19-44(68)51(38-11-13-45(70)57-50(38)40(23-73)58(74)94-57)54(72)56(39)78-63(79-59)93-30-66-15-6-16-81(66)25-35(69)22-66/h7-11,13,19-21,32,35,47,89H,2,5-6,12,14-18,22,24-30,74H2,1,3-4H3,(H,75,87)(H,77,88)/t32-,35+,47-,66-,67-/m0/s1. The zero-order chi connectivity index (χ0) is 66.0. The third-order valence-corrected chi connectivity index (χ3v) is 20.7. The minimum atomic E-state index is -2.05. The summed E-state index contributed by atoms with van der Waals surface area (Å²) < 4.78 is 87.3. The fraction of sp³-hybridized carbons (Fsp3) is 0.358. The molecule has 484 valence electrons. The SMILES string of the molecule is C=C(COC(=O)Nc1ccc(COC(=O)N[C@H]2CCc3c(C)c(F)cc4nc5c(c2c34)Cn2c-5cc3c(c2=O)COC(=O)[C@]3(O)CC)cc1)C(=O)N1CCN(c2nc(OC[C@@]34CCCN3C[C@H](F)C4)nc3c(F)c(-c4ccc(F)c5sc(N)c(C#N)c45)c(Cl)cc23)[C@@H](C)C1. The Kier molecular flexibility index (Phi) is 15.5. The second-order valence-corrected chi connectivity index (χ2v) is 26.3. The Morgan fingerprint density at radius 3 is 2.55 bits per heavy atom. The van der Waals surface area contributed by atoms with E-state index in [0.29, 0.717) is 76.0 Å². The first kappa shape index (κ1) is 62.1. The highest BCUT2D eigenvalue weighted by Crippen LogP contribution is 2.49. The number of nitrogens with two attached hydrogens (primary N) is 1. The molecule has 5 atom stereocenters. The van der Waals surface area contributed by atoms with Gasteiger partial charge in [-0.3, -0.25) is 19.8 Å². The molecule has 14 rings (SSSR count). The number of alkyl halides is 1. The number of aryl methyl sites for hydroxylation is 1. The number of pyridine rings is 2. The molecule has 1 aliphatic carbocycles. The number of hydrogen-bond acceptors (Lipinski definition) is 18. The Balaban J connectivity index is 0.617. The minimum Gasteiger partial charge on any atom is -0.461 e. The number of benzene rings is 4. The molecule has 5 N–H and O–H groups in total. The topological polar surface area (TPSA) is 270 Å². The number of nitrogen functional groups attached to an aromatic ring is 1. The Bertz CT molecular complexity index is 4740. The number of nitrogens with one attached hydrogen (secondary N) is 2. The summed E-state index contributed by atoms with van der Waals surface area (Å²) in [5.41, 5.74) is 7.44. The monoisotopic (exact) mass is 1320 g/mol. The van der Waals surface area contributed by atoms with Crippen LogP contribution >= 0.6 is 22.9 Å². The van der Waals surface area contributed by atoms with Gasteiger partial charge in [0.25, 0.3) is 11.5 Å². The maximum atomic E-state index is 17.5. The highest BCUT2D eigenvalue weighted by atomic mass is 35.5. The molecule has 0 spiro atoms. The number of aliphatic hydroxyl groups is 1. The van der Waals surface area contributed by atoms with Crippen LogP contribution in [0, 0.1) is 35.7 Å². The molecule has 3 saturated heterocycles. The molecule has 0 unspecified atom stereocenters. The Morgan fingerprint density at radius 2 is 1.79 bits per heavy atom. The number of alkyl carbamates (subject to hydrolysis) is 1. The van der Waals surface area contributed by atoms with Crippen molar-refractivity contribution < 1.29 is 60.8 Å². The van der Waals surface area contributed by atoms with Crippen LogP contribution in [0.2, 0.25) is 5.02 Å². The van der Waals surface area contributed by atoms with Gasteiger partial charge in [0, 0.05) is 88.8 Å². The summed E-state index contributed by atoms with van der Waals surface area (Å²) in [6.45, 7) is 9.62. The van der Waals surface area contributed by atoms with Crippen molar-refractivity contribution in [2.75, 3.05) is 61.9 Å². The molecule has 0 bridgehead atoms. The molecule has 4 aromatic heterocycles. The zero-order valence-electron chi connectivity index (χ0n) is 51.0. The van der Waals surface area contributed by atoms with E-state index >= 15 is 13.2 Å². The molecule has 9 heterocycles. The van der Waals surface area contributed by atoms with Crippen LogP contribution < -0.4 is 31.6 Å². The van der Waals surface area contributed by atoms with E-state index in [2.05, 4.69) is 27.1 Å². The lowest BCUT2D eigenvalue weighted by Crippen LogP contribution is -2.54. The molecule has 21 nitrogen and oxygen atoms in total. The zero-order valence-corrected chi connectivity index (χ0v) is 52.6. The number of amides is 3. The number of esters is 1. The van der Waals surface area contributed by atoms with Gasteiger partial charge in [-0.05, 0) is 111 Å². The van der Waals surface area contributed by atoms with Crippen molar-refractivity contribution in [2.24, 2.45) is 0 Å². The molecular weight excluding hydrogens is 1260 g/mol. The number of nitrogens with zero attached hydrogens (tertiary/aromatic N) is 8. The quantitative estimate of drug-likeness (QED) is 0.0362. The lowest BCUT2D eigenvalue weighted by atomic mass is 9.81. The molecule has 27 heteroatoms. The summed E-state index contributed by atoms with van der Waals surface area (Å²) in [6, 6.07) is 14.0. The van der Waals surface area contributed by atoms with E-state index in [9.17, 15) is 38.7 Å². The first-order chi connectivity index (χ1) is 45.1. The number of thiophene rings is 1. The number of piperazine rings is 1. The maximum Gasteiger partial charge on any atom is 0.411 e. The van der Waals surface area contributed by atoms with Crippen LogP contribution in [-0.4, -0.2) is 122 Å². The van der Waals surface area contributed by atoms with Gasteiger partial charge in [0.05, 0.1) is 55.9 Å². The largest absolute Gasteiger partial charge is 0.461 e. The lowest BCUT2D eigenvalue weighted by molar-refractivity contribution is -0.172. The van der Waals surface area contributed by atoms with Crippen LogP contribution in [0.3, 0.4) is 0 Å². The molecule has 8 aromatic rings. The number of halogens is 5. The number of aromatic nitrogens is 4. The van der Waals surface area contributed by atoms with Gasteiger partial charge in [-0.2, -0.15) is 15.2 Å². The third-order valence-electron chi connectivity index (χ3n) is 19.4. The lowest BCUT2D eigenvalue weighted by Gasteiger charge is -2.41. The fourth-order valence-electron chi connectivity index (χ4n) is 14.6. The summed E-state index contributed by atoms with van der Waals surface area (Å²) in [4.78, 5) is 87.3. The number of hydrogen-bond donors (Lipinski definition) is 4. The summed E-state index contributed by atoms with van der Waals surface area (Å²) in [5.74, 6) is -3.10. The smallest absolute Gasteiger partial charge is 0.411 e. The molecule has 3 fully saturated rings. The van der Waals surface area contributed by atoms with Gasteiger partial charge < -0.3 is 49.5 Å². The summed E-state index contributed by atoms with van der Waals surface area (Å²) in [7, 11) is 0. The molecule has 0 saturated carbocycles. The highest BCUT2D eigenvalue weighted by Gasteiger charge is 2.50. The number of nitriles is 1. The average molecular weight is 1320 g/mol. The van der Waals surface area contributed by atoms with E-state index in [0.717, 1.165) is 29.4 Å². The summed E-state index contributed by atoms with van der Waals surface area (Å²) >= 11 is 7.84. The second kappa shape index (κ2) is 23.5. The molecule has 6 aliphatic rings. The first-order valence-electron chi connectivity index (χ1n) is 30.7. The van der Waals surface area contributed by atoms with Crippen molar-refractivity contribution in [3.63, 3.8) is 0 Å². The number of fused-ring (bicyclic) bond motifs is 8. The summed E-state index contributed by atoms with van der Waals surface area (Å²) in [6.07, 6.45) is -0.150. The van der Waals surface area contributed by atoms with Gasteiger partial charge >= 0.3 is 24.2 Å². The third kappa shape index (κ3) is 10.2. The van der Waals surface area contributed by atoms with E-state index in [1.165, 1.54) is 22.8 Å². The predicted octanol–water partition coefficient (Wildman–Crippen LogP) is 10.4. The van der Waals surface area contributed by atoms with Crippen LogP contribution in [0.25, 0.3) is 54.4 Å². The van der Waals surface area contributed by atoms with Crippen molar-refractivity contribution in [3.05, 3.63) is 144 Å². The van der Waals surface area contributed by atoms with Crippen molar-refractivity contribution in [2.45, 2.75) is 108 Å². The Morgan fingerprint density at radius 1 is 0.989 bits per heavy atom. The van der Waals surface area contributed by atoms with Crippen molar-refractivity contribution in [1.82, 2.24) is 34.6 Å².